The lowest BCUT2D eigenvalue weighted by Crippen LogP contribution is -2.34. The van der Waals surface area contributed by atoms with Crippen LogP contribution in [0.25, 0.3) is 0 Å². The topological polar surface area (TPSA) is 95.9 Å². The van der Waals surface area contributed by atoms with Crippen molar-refractivity contribution in [2.75, 3.05) is 25.5 Å². The highest BCUT2D eigenvalue weighted by Gasteiger charge is 2.32. The molecule has 8 heteroatoms. The van der Waals surface area contributed by atoms with Crippen LogP contribution in [-0.2, 0) is 9.53 Å². The van der Waals surface area contributed by atoms with Crippen LogP contribution >= 0.6 is 11.3 Å². The van der Waals surface area contributed by atoms with E-state index in [1.165, 1.54) is 18.1 Å². The third-order valence-corrected chi connectivity index (χ3v) is 3.96. The number of nitrogens with zero attached hydrogens (tertiary/aromatic N) is 1. The fourth-order valence-electron chi connectivity index (χ4n) is 2.05. The van der Waals surface area contributed by atoms with Crippen LogP contribution in [0.5, 0.6) is 0 Å². The van der Waals surface area contributed by atoms with Crippen molar-refractivity contribution in [3.63, 3.8) is 0 Å². The number of ether oxygens (including phenoxy) is 1. The van der Waals surface area contributed by atoms with Gasteiger partial charge >= 0.3 is 18.0 Å². The molecule has 0 aromatic carbocycles. The summed E-state index contributed by atoms with van der Waals surface area (Å²) >= 11 is 1.15. The zero-order chi connectivity index (χ0) is 14.7. The van der Waals surface area contributed by atoms with Crippen molar-refractivity contribution in [3.05, 3.63) is 17.0 Å². The first-order valence-electron chi connectivity index (χ1n) is 5.97. The minimum Gasteiger partial charge on any atom is -0.478 e. The van der Waals surface area contributed by atoms with E-state index >= 15 is 0 Å². The molecular formula is C12H14N2O5S. The molecule has 2 rings (SSSR count). The number of rotatable bonds is 3. The van der Waals surface area contributed by atoms with Crippen LogP contribution in [0.2, 0.25) is 0 Å². The van der Waals surface area contributed by atoms with Crippen molar-refractivity contribution in [2.24, 2.45) is 5.92 Å². The van der Waals surface area contributed by atoms with Gasteiger partial charge in [0.2, 0.25) is 0 Å². The Bertz CT molecular complexity index is 542. The van der Waals surface area contributed by atoms with Crippen LogP contribution in [0.3, 0.4) is 0 Å². The number of esters is 1. The average Bonchev–Trinajstić information content (AvgIpc) is 3.06. The highest BCUT2D eigenvalue weighted by Crippen LogP contribution is 2.25. The molecule has 1 atom stereocenters. The lowest BCUT2D eigenvalue weighted by molar-refractivity contribution is -0.144. The lowest BCUT2D eigenvalue weighted by atomic mass is 10.1. The first kappa shape index (κ1) is 14.3. The van der Waals surface area contributed by atoms with Gasteiger partial charge in [0.15, 0.2) is 0 Å². The van der Waals surface area contributed by atoms with Crippen LogP contribution in [0, 0.1) is 5.92 Å². The normalized spacial score (nSPS) is 17.9. The van der Waals surface area contributed by atoms with E-state index in [2.05, 4.69) is 10.1 Å². The lowest BCUT2D eigenvalue weighted by Gasteiger charge is -2.16. The molecule has 7 nitrogen and oxygen atoms in total. The predicted octanol–water partition coefficient (Wildman–Crippen LogP) is 1.47. The van der Waals surface area contributed by atoms with E-state index in [-0.39, 0.29) is 24.0 Å². The molecule has 1 aromatic heterocycles. The number of carboxylic acid groups (broad SMARTS) is 1. The van der Waals surface area contributed by atoms with Gasteiger partial charge in [0.1, 0.15) is 5.00 Å². The second-order valence-electron chi connectivity index (χ2n) is 4.35. The van der Waals surface area contributed by atoms with E-state index in [0.29, 0.717) is 18.0 Å². The Kier molecular flexibility index (Phi) is 4.23. The van der Waals surface area contributed by atoms with Crippen molar-refractivity contribution in [1.82, 2.24) is 4.90 Å². The highest BCUT2D eigenvalue weighted by molar-refractivity contribution is 7.14. The number of amides is 2. The van der Waals surface area contributed by atoms with E-state index < -0.39 is 12.0 Å². The van der Waals surface area contributed by atoms with Crippen molar-refractivity contribution in [1.29, 1.82) is 0 Å². The summed E-state index contributed by atoms with van der Waals surface area (Å²) in [5.74, 6) is -1.73. The zero-order valence-corrected chi connectivity index (χ0v) is 11.6. The standard InChI is InChI=1S/C12H14N2O5S/c1-19-11(17)7-2-4-14(6-7)12(18)13-9-8(10(15)16)3-5-20-9/h3,5,7H,2,4,6H2,1H3,(H,13,18)(H,15,16). The molecule has 0 radical (unpaired) electrons. The summed E-state index contributed by atoms with van der Waals surface area (Å²) in [7, 11) is 1.32. The Morgan fingerprint density at radius 1 is 1.50 bits per heavy atom. The van der Waals surface area contributed by atoms with Gasteiger partial charge in [-0.25, -0.2) is 9.59 Å². The van der Waals surface area contributed by atoms with Crippen LogP contribution in [0.4, 0.5) is 9.80 Å². The SMILES string of the molecule is COC(=O)C1CCN(C(=O)Nc2sccc2C(=O)O)C1. The number of anilines is 1. The molecule has 2 amide bonds. The quantitative estimate of drug-likeness (QED) is 0.824. The van der Waals surface area contributed by atoms with Gasteiger partial charge in [0, 0.05) is 13.1 Å². The fraction of sp³-hybridized carbons (Fsp3) is 0.417. The molecule has 108 valence electrons. The number of urea groups is 1. The Hall–Kier alpha value is -2.09. The molecule has 2 N–H and O–H groups in total. The van der Waals surface area contributed by atoms with Crippen molar-refractivity contribution < 1.29 is 24.2 Å². The van der Waals surface area contributed by atoms with E-state index in [1.54, 1.807) is 5.38 Å². The first-order valence-corrected chi connectivity index (χ1v) is 6.85. The maximum Gasteiger partial charge on any atom is 0.338 e. The number of carbonyl (C=O) groups is 3. The number of hydrogen-bond acceptors (Lipinski definition) is 5. The van der Waals surface area contributed by atoms with Gasteiger partial charge in [-0.15, -0.1) is 11.3 Å². The minimum absolute atomic E-state index is 0.0621. The molecular weight excluding hydrogens is 284 g/mol. The summed E-state index contributed by atoms with van der Waals surface area (Å²) in [6, 6.07) is 1.03. The second kappa shape index (κ2) is 5.91. The first-order chi connectivity index (χ1) is 9.52. The molecule has 1 fully saturated rings. The van der Waals surface area contributed by atoms with Crippen LogP contribution in [0.1, 0.15) is 16.8 Å². The van der Waals surface area contributed by atoms with Crippen LogP contribution in [0.15, 0.2) is 11.4 Å². The predicted molar refractivity (Wildman–Crippen MR) is 72.0 cm³/mol. The van der Waals surface area contributed by atoms with E-state index in [0.717, 1.165) is 11.3 Å². The largest absolute Gasteiger partial charge is 0.478 e. The van der Waals surface area contributed by atoms with Gasteiger partial charge in [-0.2, -0.15) is 0 Å². The van der Waals surface area contributed by atoms with Crippen LogP contribution in [-0.4, -0.2) is 48.2 Å². The monoisotopic (exact) mass is 298 g/mol. The summed E-state index contributed by atoms with van der Waals surface area (Å²) in [4.78, 5) is 35.8. The number of thiophene rings is 1. The van der Waals surface area contributed by atoms with E-state index in [9.17, 15) is 14.4 Å². The number of carbonyl (C=O) groups excluding carboxylic acids is 2. The smallest absolute Gasteiger partial charge is 0.338 e. The molecule has 0 bridgehead atoms. The van der Waals surface area contributed by atoms with Gasteiger partial charge in [-0.3, -0.25) is 10.1 Å². The molecule has 0 aliphatic carbocycles. The number of hydrogen-bond donors (Lipinski definition) is 2. The number of nitrogens with one attached hydrogen (secondary N) is 1. The summed E-state index contributed by atoms with van der Waals surface area (Å²) in [5, 5.41) is 13.4. The summed E-state index contributed by atoms with van der Waals surface area (Å²) in [5.41, 5.74) is 0.0621. The average molecular weight is 298 g/mol. The molecule has 1 aliphatic rings. The fourth-order valence-corrected chi connectivity index (χ4v) is 2.82. The number of carboxylic acids is 1. The summed E-state index contributed by atoms with van der Waals surface area (Å²) < 4.78 is 4.65. The Morgan fingerprint density at radius 2 is 2.25 bits per heavy atom. The molecule has 0 saturated carbocycles. The molecule has 1 aliphatic heterocycles. The molecule has 2 heterocycles. The van der Waals surface area contributed by atoms with Gasteiger partial charge in [0.25, 0.3) is 0 Å². The molecule has 20 heavy (non-hydrogen) atoms. The van der Waals surface area contributed by atoms with Gasteiger partial charge in [-0.1, -0.05) is 0 Å². The molecule has 1 saturated heterocycles. The number of likely N-dealkylation sites (tertiary alicyclic amines) is 1. The van der Waals surface area contributed by atoms with Crippen molar-refractivity contribution in [3.8, 4) is 0 Å². The summed E-state index contributed by atoms with van der Waals surface area (Å²) in [6.45, 7) is 0.728. The van der Waals surface area contributed by atoms with Crippen molar-refractivity contribution >= 4 is 34.3 Å². The van der Waals surface area contributed by atoms with Crippen LogP contribution < -0.4 is 5.32 Å². The number of aromatic carboxylic acids is 1. The Morgan fingerprint density at radius 3 is 2.90 bits per heavy atom. The maximum atomic E-state index is 12.0. The molecule has 1 unspecified atom stereocenters. The van der Waals surface area contributed by atoms with E-state index in [1.807, 2.05) is 0 Å². The molecule has 1 aromatic rings. The second-order valence-corrected chi connectivity index (χ2v) is 5.27. The maximum absolute atomic E-state index is 12.0. The summed E-state index contributed by atoms with van der Waals surface area (Å²) in [6.07, 6.45) is 0.552. The van der Waals surface area contributed by atoms with Gasteiger partial charge < -0.3 is 14.7 Å². The van der Waals surface area contributed by atoms with Crippen molar-refractivity contribution in [2.45, 2.75) is 6.42 Å². The molecule has 0 spiro atoms. The van der Waals surface area contributed by atoms with E-state index in [4.69, 9.17) is 5.11 Å². The van der Waals surface area contributed by atoms with Gasteiger partial charge in [-0.05, 0) is 17.9 Å². The minimum atomic E-state index is -1.09. The highest BCUT2D eigenvalue weighted by atomic mass is 32.1. The zero-order valence-electron chi connectivity index (χ0n) is 10.8. The third-order valence-electron chi connectivity index (χ3n) is 3.13. The Balaban J connectivity index is 1.98. The third kappa shape index (κ3) is 2.90. The number of methoxy groups -OCH3 is 1. The van der Waals surface area contributed by atoms with Gasteiger partial charge in [0.05, 0.1) is 18.6 Å². The Labute approximate surface area is 119 Å².